The van der Waals surface area contributed by atoms with Gasteiger partial charge in [0.2, 0.25) is 15.9 Å². The Morgan fingerprint density at radius 1 is 1.43 bits per heavy atom. The Balaban J connectivity index is 1.94. The molecule has 2 saturated heterocycles. The Bertz CT molecular complexity index is 632. The molecule has 0 unspecified atom stereocenters. The molecule has 6 nitrogen and oxygen atoms in total. The van der Waals surface area contributed by atoms with E-state index in [0.717, 1.165) is 13.0 Å². The molecule has 1 amide bonds. The molecule has 2 atom stereocenters. The fraction of sp³-hybridized carbons (Fsp3) is 0.571. The highest BCUT2D eigenvalue weighted by atomic mass is 32.2. The lowest BCUT2D eigenvalue weighted by atomic mass is 9.87. The second kappa shape index (κ2) is 5.38. The van der Waals surface area contributed by atoms with Crippen LogP contribution in [0.2, 0.25) is 0 Å². The summed E-state index contributed by atoms with van der Waals surface area (Å²) >= 11 is 0. The molecule has 0 saturated carbocycles. The third-order valence-corrected chi connectivity index (χ3v) is 6.25. The molecule has 1 aromatic rings. The zero-order chi connectivity index (χ0) is 15.0. The van der Waals surface area contributed by atoms with Gasteiger partial charge in [-0.2, -0.15) is 4.31 Å². The first-order valence-corrected chi connectivity index (χ1v) is 8.68. The molecule has 3 rings (SSSR count). The first-order chi connectivity index (χ1) is 10.0. The molecule has 2 bridgehead atoms. The summed E-state index contributed by atoms with van der Waals surface area (Å²) in [4.78, 5) is 18.3. The standard InChI is InChI=1S/C14H19N3O3S/c1-2-16-10-11-5-7-17(13(8-11)14(16)18)21(19,20)12-4-3-6-15-9-12/h3-4,6,9,11,13H,2,5,7-8,10H2,1H3/t11-,13+/m0/s1. The molecule has 21 heavy (non-hydrogen) atoms. The number of pyridine rings is 1. The minimum absolute atomic E-state index is 0.0686. The van der Waals surface area contributed by atoms with Gasteiger partial charge in [-0.25, -0.2) is 8.42 Å². The van der Waals surface area contributed by atoms with Crippen molar-refractivity contribution in [2.75, 3.05) is 19.6 Å². The first kappa shape index (κ1) is 14.5. The normalized spacial score (nSPS) is 26.9. The molecule has 3 heterocycles. The lowest BCUT2D eigenvalue weighted by Crippen LogP contribution is -2.59. The maximum absolute atomic E-state index is 12.7. The number of amides is 1. The van der Waals surface area contributed by atoms with Crippen LogP contribution in [0.4, 0.5) is 0 Å². The molecule has 2 fully saturated rings. The number of fused-ring (bicyclic) bond motifs is 2. The maximum atomic E-state index is 12.7. The molecule has 114 valence electrons. The van der Waals surface area contributed by atoms with Crippen LogP contribution >= 0.6 is 0 Å². The molecule has 0 radical (unpaired) electrons. The Kier molecular flexibility index (Phi) is 3.71. The minimum Gasteiger partial charge on any atom is -0.341 e. The molecule has 2 aliphatic rings. The molecule has 0 aromatic carbocycles. The number of rotatable bonds is 3. The van der Waals surface area contributed by atoms with Crippen LogP contribution in [0, 0.1) is 5.92 Å². The van der Waals surface area contributed by atoms with E-state index in [1.165, 1.54) is 22.8 Å². The molecular weight excluding hydrogens is 290 g/mol. The van der Waals surface area contributed by atoms with Crippen molar-refractivity contribution >= 4 is 15.9 Å². The van der Waals surface area contributed by atoms with E-state index in [2.05, 4.69) is 4.98 Å². The van der Waals surface area contributed by atoms with Gasteiger partial charge in [0.25, 0.3) is 0 Å². The smallest absolute Gasteiger partial charge is 0.245 e. The second-order valence-corrected chi connectivity index (χ2v) is 7.48. The van der Waals surface area contributed by atoms with Crippen LogP contribution in [-0.2, 0) is 14.8 Å². The average Bonchev–Trinajstić information content (AvgIpc) is 2.51. The summed E-state index contributed by atoms with van der Waals surface area (Å²) in [7, 11) is -3.65. The largest absolute Gasteiger partial charge is 0.341 e. The number of likely N-dealkylation sites (tertiary alicyclic amines) is 1. The van der Waals surface area contributed by atoms with Gasteiger partial charge < -0.3 is 4.90 Å². The zero-order valence-corrected chi connectivity index (χ0v) is 12.8. The Morgan fingerprint density at radius 2 is 2.24 bits per heavy atom. The van der Waals surface area contributed by atoms with E-state index < -0.39 is 16.1 Å². The number of nitrogens with zero attached hydrogens (tertiary/aromatic N) is 3. The van der Waals surface area contributed by atoms with Crippen molar-refractivity contribution in [3.63, 3.8) is 0 Å². The summed E-state index contributed by atoms with van der Waals surface area (Å²) < 4.78 is 26.9. The maximum Gasteiger partial charge on any atom is 0.245 e. The third kappa shape index (κ3) is 2.44. The predicted molar refractivity (Wildman–Crippen MR) is 76.9 cm³/mol. The fourth-order valence-electron chi connectivity index (χ4n) is 3.23. The zero-order valence-electron chi connectivity index (χ0n) is 12.0. The summed E-state index contributed by atoms with van der Waals surface area (Å²) in [6.07, 6.45) is 4.32. The van der Waals surface area contributed by atoms with Crippen molar-refractivity contribution in [3.8, 4) is 0 Å². The summed E-state index contributed by atoms with van der Waals surface area (Å²) in [5.41, 5.74) is 0. The second-order valence-electron chi connectivity index (χ2n) is 5.59. The summed E-state index contributed by atoms with van der Waals surface area (Å²) in [6, 6.07) is 2.57. The molecular formula is C14H19N3O3S. The van der Waals surface area contributed by atoms with E-state index in [0.29, 0.717) is 25.4 Å². The molecule has 1 aromatic heterocycles. The highest BCUT2D eigenvalue weighted by Gasteiger charge is 2.45. The topological polar surface area (TPSA) is 70.6 Å². The lowest BCUT2D eigenvalue weighted by Gasteiger charge is -2.45. The van der Waals surface area contributed by atoms with E-state index in [9.17, 15) is 13.2 Å². The number of hydrogen-bond donors (Lipinski definition) is 0. The van der Waals surface area contributed by atoms with Crippen LogP contribution in [-0.4, -0.2) is 54.2 Å². The monoisotopic (exact) mass is 309 g/mol. The van der Waals surface area contributed by atoms with Crippen LogP contribution < -0.4 is 0 Å². The van der Waals surface area contributed by atoms with Gasteiger partial charge in [0.1, 0.15) is 10.9 Å². The van der Waals surface area contributed by atoms with E-state index in [1.807, 2.05) is 6.92 Å². The van der Waals surface area contributed by atoms with Gasteiger partial charge in [0.15, 0.2) is 0 Å². The van der Waals surface area contributed by atoms with Crippen LogP contribution in [0.1, 0.15) is 19.8 Å². The molecule has 2 aliphatic heterocycles. The van der Waals surface area contributed by atoms with Crippen LogP contribution in [0.3, 0.4) is 0 Å². The van der Waals surface area contributed by atoms with Gasteiger partial charge in [0.05, 0.1) is 0 Å². The molecule has 7 heteroatoms. The third-order valence-electron chi connectivity index (χ3n) is 4.36. The summed E-state index contributed by atoms with van der Waals surface area (Å²) in [6.45, 7) is 3.73. The van der Waals surface area contributed by atoms with E-state index in [4.69, 9.17) is 0 Å². The molecule has 0 aliphatic carbocycles. The van der Waals surface area contributed by atoms with E-state index >= 15 is 0 Å². The fourth-order valence-corrected chi connectivity index (χ4v) is 4.80. The molecule has 0 N–H and O–H groups in total. The average molecular weight is 309 g/mol. The minimum atomic E-state index is -3.65. The number of likely N-dealkylation sites (N-methyl/N-ethyl adjacent to an activating group) is 1. The van der Waals surface area contributed by atoms with Crippen LogP contribution in [0.5, 0.6) is 0 Å². The number of aromatic nitrogens is 1. The summed E-state index contributed by atoms with van der Waals surface area (Å²) in [5.74, 6) is 0.342. The Labute approximate surface area is 124 Å². The Hall–Kier alpha value is -1.47. The highest BCUT2D eigenvalue weighted by molar-refractivity contribution is 7.89. The number of piperidine rings is 2. The van der Waals surface area contributed by atoms with Gasteiger partial charge in [-0.1, -0.05) is 0 Å². The van der Waals surface area contributed by atoms with Crippen molar-refractivity contribution in [1.29, 1.82) is 0 Å². The number of hydrogen-bond acceptors (Lipinski definition) is 4. The van der Waals surface area contributed by atoms with Crippen molar-refractivity contribution in [3.05, 3.63) is 24.5 Å². The number of carbonyl (C=O) groups excluding carboxylic acids is 1. The van der Waals surface area contributed by atoms with Crippen molar-refractivity contribution in [2.45, 2.75) is 30.7 Å². The van der Waals surface area contributed by atoms with Crippen LogP contribution in [0.15, 0.2) is 29.4 Å². The van der Waals surface area contributed by atoms with Crippen molar-refractivity contribution in [2.24, 2.45) is 5.92 Å². The summed E-state index contributed by atoms with van der Waals surface area (Å²) in [5, 5.41) is 0. The van der Waals surface area contributed by atoms with E-state index in [1.54, 1.807) is 11.0 Å². The van der Waals surface area contributed by atoms with Crippen molar-refractivity contribution < 1.29 is 13.2 Å². The van der Waals surface area contributed by atoms with Gasteiger partial charge in [-0.15, -0.1) is 0 Å². The molecule has 0 spiro atoms. The van der Waals surface area contributed by atoms with Gasteiger partial charge in [-0.3, -0.25) is 9.78 Å². The predicted octanol–water partition coefficient (Wildman–Crippen LogP) is 0.713. The number of sulfonamides is 1. The highest BCUT2D eigenvalue weighted by Crippen LogP contribution is 2.33. The SMILES string of the molecule is CCN1C[C@H]2CCN(S(=O)(=O)c3cccnc3)[C@H](C2)C1=O. The van der Waals surface area contributed by atoms with Crippen molar-refractivity contribution in [1.82, 2.24) is 14.2 Å². The van der Waals surface area contributed by atoms with E-state index in [-0.39, 0.29) is 10.8 Å². The van der Waals surface area contributed by atoms with Gasteiger partial charge in [0, 0.05) is 32.0 Å². The van der Waals surface area contributed by atoms with Gasteiger partial charge in [-0.05, 0) is 37.8 Å². The van der Waals surface area contributed by atoms with Gasteiger partial charge >= 0.3 is 0 Å². The number of carbonyl (C=O) groups is 1. The van der Waals surface area contributed by atoms with Crippen LogP contribution in [0.25, 0.3) is 0 Å². The lowest BCUT2D eigenvalue weighted by molar-refractivity contribution is -0.142. The first-order valence-electron chi connectivity index (χ1n) is 7.24. The quantitative estimate of drug-likeness (QED) is 0.824. The Morgan fingerprint density at radius 3 is 2.90 bits per heavy atom.